The van der Waals surface area contributed by atoms with Crippen LogP contribution in [-0.2, 0) is 9.59 Å². The van der Waals surface area contributed by atoms with E-state index >= 15 is 0 Å². The van der Waals surface area contributed by atoms with Gasteiger partial charge in [0.1, 0.15) is 0 Å². The summed E-state index contributed by atoms with van der Waals surface area (Å²) in [4.78, 5) is 27.2. The topological polar surface area (TPSA) is 49.4 Å². The number of fused-ring (bicyclic) bond motifs is 1. The first-order chi connectivity index (χ1) is 15.2. The molecule has 2 fully saturated rings. The summed E-state index contributed by atoms with van der Waals surface area (Å²) in [5.74, 6) is 2.07. The minimum Gasteiger partial charge on any atom is -0.356 e. The van der Waals surface area contributed by atoms with E-state index in [1.807, 2.05) is 4.90 Å². The predicted octanol–water partition coefficient (Wildman–Crippen LogP) is 4.05. The molecule has 2 bridgehead atoms. The van der Waals surface area contributed by atoms with Crippen molar-refractivity contribution < 1.29 is 9.59 Å². The van der Waals surface area contributed by atoms with Crippen LogP contribution < -0.4 is 5.32 Å². The number of nitrogens with one attached hydrogen (secondary N) is 1. The smallest absolute Gasteiger partial charge is 0.225 e. The number of benzene rings is 2. The summed E-state index contributed by atoms with van der Waals surface area (Å²) in [6.45, 7) is 2.22. The Morgan fingerprint density at radius 2 is 1.39 bits per heavy atom. The van der Waals surface area contributed by atoms with Crippen molar-refractivity contribution in [3.63, 3.8) is 0 Å². The van der Waals surface area contributed by atoms with E-state index in [0.29, 0.717) is 23.7 Å². The third-order valence-corrected chi connectivity index (χ3v) is 8.07. The van der Waals surface area contributed by atoms with Crippen LogP contribution in [0, 0.1) is 17.8 Å². The number of hydrogen-bond donors (Lipinski definition) is 1. The molecule has 2 aromatic carbocycles. The largest absolute Gasteiger partial charge is 0.356 e. The second-order valence-corrected chi connectivity index (χ2v) is 9.90. The molecule has 2 aromatic rings. The number of nitrogens with zero attached hydrogens (tertiary/aromatic N) is 1. The third-order valence-electron chi connectivity index (χ3n) is 8.07. The van der Waals surface area contributed by atoms with Gasteiger partial charge in [0, 0.05) is 43.3 Å². The van der Waals surface area contributed by atoms with Gasteiger partial charge in [-0.15, -0.1) is 0 Å². The van der Waals surface area contributed by atoms with Crippen molar-refractivity contribution in [3.05, 3.63) is 70.8 Å². The number of carbonyl (C=O) groups is 2. The number of carbonyl (C=O) groups excluding carboxylic acids is 2. The second-order valence-electron chi connectivity index (χ2n) is 9.90. The number of piperidine rings is 1. The number of rotatable bonds is 4. The second kappa shape index (κ2) is 7.51. The molecule has 31 heavy (non-hydrogen) atoms. The maximum Gasteiger partial charge on any atom is 0.225 e. The highest BCUT2D eigenvalue weighted by molar-refractivity contribution is 5.82. The number of amides is 2. The molecule has 0 spiro atoms. The van der Waals surface area contributed by atoms with E-state index < -0.39 is 0 Å². The predicted molar refractivity (Wildman–Crippen MR) is 120 cm³/mol. The van der Waals surface area contributed by atoms with E-state index in [0.717, 1.165) is 51.7 Å². The molecule has 1 heterocycles. The molecule has 5 aliphatic rings. The van der Waals surface area contributed by atoms with Crippen molar-refractivity contribution in [1.29, 1.82) is 0 Å². The standard InChI is InChI=1S/C27H30N2O2/c30-26(17-11-13-29(14-12-17)27(31)18-9-10-18)28-16-19-15-24-20-5-1-3-7-22(20)25(19)23-8-4-2-6-21(23)24/h1-8,17-19,24-25H,9-16H2,(H,28,30). The molecule has 0 aromatic heterocycles. The molecule has 1 atom stereocenters. The Morgan fingerprint density at radius 3 is 1.97 bits per heavy atom. The van der Waals surface area contributed by atoms with Crippen LogP contribution >= 0.6 is 0 Å². The summed E-state index contributed by atoms with van der Waals surface area (Å²) in [5, 5.41) is 3.31. The van der Waals surface area contributed by atoms with Gasteiger partial charge < -0.3 is 10.2 Å². The molecular weight excluding hydrogens is 384 g/mol. The molecule has 4 aliphatic carbocycles. The van der Waals surface area contributed by atoms with Gasteiger partial charge in [-0.1, -0.05) is 48.5 Å². The Bertz CT molecular complexity index is 972. The van der Waals surface area contributed by atoms with E-state index in [1.165, 1.54) is 22.3 Å². The Morgan fingerprint density at radius 1 is 0.806 bits per heavy atom. The summed E-state index contributed by atoms with van der Waals surface area (Å²) < 4.78 is 0. The zero-order valence-corrected chi connectivity index (χ0v) is 17.9. The van der Waals surface area contributed by atoms with Gasteiger partial charge in [-0.05, 0) is 60.3 Å². The van der Waals surface area contributed by atoms with Crippen LogP contribution in [0.4, 0.5) is 0 Å². The lowest BCUT2D eigenvalue weighted by atomic mass is 9.59. The highest BCUT2D eigenvalue weighted by Gasteiger charge is 2.43. The van der Waals surface area contributed by atoms with Crippen molar-refractivity contribution in [3.8, 4) is 0 Å². The Hall–Kier alpha value is -2.62. The highest BCUT2D eigenvalue weighted by Crippen LogP contribution is 2.55. The monoisotopic (exact) mass is 414 g/mol. The van der Waals surface area contributed by atoms with Crippen molar-refractivity contribution >= 4 is 11.8 Å². The molecule has 1 saturated heterocycles. The zero-order chi connectivity index (χ0) is 20.9. The van der Waals surface area contributed by atoms with E-state index in [1.54, 1.807) is 0 Å². The van der Waals surface area contributed by atoms with Crippen LogP contribution in [0.3, 0.4) is 0 Å². The SMILES string of the molecule is O=C(NCC1CC2c3ccccc3C1c1ccccc12)C1CCN(C(=O)C2CC2)CC1. The molecule has 1 N–H and O–H groups in total. The summed E-state index contributed by atoms with van der Waals surface area (Å²) in [7, 11) is 0. The molecular formula is C27H30N2O2. The molecule has 160 valence electrons. The van der Waals surface area contributed by atoms with E-state index in [9.17, 15) is 9.59 Å². The van der Waals surface area contributed by atoms with Crippen molar-refractivity contribution in [2.75, 3.05) is 19.6 Å². The van der Waals surface area contributed by atoms with Crippen LogP contribution in [0.25, 0.3) is 0 Å². The molecule has 7 rings (SSSR count). The minimum absolute atomic E-state index is 0.0450. The van der Waals surface area contributed by atoms with Gasteiger partial charge in [-0.25, -0.2) is 0 Å². The quantitative estimate of drug-likeness (QED) is 0.821. The fourth-order valence-corrected chi connectivity index (χ4v) is 6.29. The van der Waals surface area contributed by atoms with Crippen LogP contribution in [0.5, 0.6) is 0 Å². The van der Waals surface area contributed by atoms with Gasteiger partial charge in [-0.2, -0.15) is 0 Å². The molecule has 1 unspecified atom stereocenters. The minimum atomic E-state index is 0.0450. The number of hydrogen-bond acceptors (Lipinski definition) is 2. The highest BCUT2D eigenvalue weighted by atomic mass is 16.2. The average molecular weight is 415 g/mol. The van der Waals surface area contributed by atoms with Gasteiger partial charge in [0.15, 0.2) is 0 Å². The molecule has 1 aliphatic heterocycles. The summed E-state index contributed by atoms with van der Waals surface area (Å²) >= 11 is 0. The van der Waals surface area contributed by atoms with Gasteiger partial charge in [0.2, 0.25) is 11.8 Å². The molecule has 0 radical (unpaired) electrons. The fraction of sp³-hybridized carbons (Fsp3) is 0.481. The third kappa shape index (κ3) is 3.28. The summed E-state index contributed by atoms with van der Waals surface area (Å²) in [6, 6.07) is 17.7. The fourth-order valence-electron chi connectivity index (χ4n) is 6.29. The molecule has 4 nitrogen and oxygen atoms in total. The lowest BCUT2D eigenvalue weighted by molar-refractivity contribution is -0.136. The average Bonchev–Trinajstić information content (AvgIpc) is 3.68. The Balaban J connectivity index is 1.12. The van der Waals surface area contributed by atoms with E-state index in [2.05, 4.69) is 53.8 Å². The lowest BCUT2D eigenvalue weighted by Gasteiger charge is -2.45. The number of likely N-dealkylation sites (tertiary alicyclic amines) is 1. The van der Waals surface area contributed by atoms with Crippen LogP contribution in [0.15, 0.2) is 48.5 Å². The maximum absolute atomic E-state index is 12.9. The van der Waals surface area contributed by atoms with E-state index in [4.69, 9.17) is 0 Å². The van der Waals surface area contributed by atoms with Crippen LogP contribution in [0.2, 0.25) is 0 Å². The van der Waals surface area contributed by atoms with E-state index in [-0.39, 0.29) is 17.7 Å². The van der Waals surface area contributed by atoms with Gasteiger partial charge in [-0.3, -0.25) is 9.59 Å². The van der Waals surface area contributed by atoms with Crippen LogP contribution in [0.1, 0.15) is 66.2 Å². The first kappa shape index (κ1) is 19.1. The Labute approximate surface area is 184 Å². The first-order valence-electron chi connectivity index (χ1n) is 11.9. The van der Waals surface area contributed by atoms with Crippen molar-refractivity contribution in [2.24, 2.45) is 17.8 Å². The lowest BCUT2D eigenvalue weighted by Crippen LogP contribution is -2.45. The molecule has 4 heteroatoms. The van der Waals surface area contributed by atoms with Gasteiger partial charge in [0.25, 0.3) is 0 Å². The van der Waals surface area contributed by atoms with Gasteiger partial charge in [0.05, 0.1) is 0 Å². The summed E-state index contributed by atoms with van der Waals surface area (Å²) in [6.07, 6.45) is 4.80. The first-order valence-corrected chi connectivity index (χ1v) is 11.9. The normalized spacial score (nSPS) is 26.8. The van der Waals surface area contributed by atoms with Crippen molar-refractivity contribution in [1.82, 2.24) is 10.2 Å². The zero-order valence-electron chi connectivity index (χ0n) is 17.9. The summed E-state index contributed by atoms with van der Waals surface area (Å²) in [5.41, 5.74) is 5.84. The Kier molecular flexibility index (Phi) is 4.62. The molecule has 1 saturated carbocycles. The van der Waals surface area contributed by atoms with Crippen LogP contribution in [-0.4, -0.2) is 36.3 Å². The van der Waals surface area contributed by atoms with Crippen molar-refractivity contribution in [2.45, 2.75) is 43.9 Å². The maximum atomic E-state index is 12.9. The van der Waals surface area contributed by atoms with Gasteiger partial charge >= 0.3 is 0 Å². The molecule has 2 amide bonds.